The molecule has 0 radical (unpaired) electrons. The molecule has 346 valence electrons. The highest BCUT2D eigenvalue weighted by atomic mass is 28.4. The summed E-state index contributed by atoms with van der Waals surface area (Å²) in [4.78, 5) is 0. The van der Waals surface area contributed by atoms with Crippen LogP contribution in [0, 0.1) is 35.0 Å². The summed E-state index contributed by atoms with van der Waals surface area (Å²) in [5.74, 6) is 2.29. The van der Waals surface area contributed by atoms with Crippen LogP contribution in [-0.4, -0.2) is 65.8 Å². The minimum Gasteiger partial charge on any atom is -0.413 e. The number of fused-ring (bicyclic) bond motifs is 1. The molecule has 6 atom stereocenters. The van der Waals surface area contributed by atoms with Crippen LogP contribution in [0.1, 0.15) is 141 Å². The Morgan fingerprint density at radius 1 is 0.900 bits per heavy atom. The average Bonchev–Trinajstić information content (AvgIpc) is 3.44. The van der Waals surface area contributed by atoms with Crippen molar-refractivity contribution in [3.05, 3.63) is 35.5 Å². The van der Waals surface area contributed by atoms with Crippen molar-refractivity contribution >= 4 is 25.0 Å². The largest absolute Gasteiger partial charge is 0.438 e. The normalized spacial score (nSPS) is 29.4. The number of halogens is 6. The second-order valence-electron chi connectivity index (χ2n) is 22.3. The van der Waals surface area contributed by atoms with E-state index in [1.165, 1.54) is 5.57 Å². The molecule has 0 bridgehead atoms. The Morgan fingerprint density at radius 2 is 1.47 bits per heavy atom. The molecular formula is C47H80F6O4Si3. The summed E-state index contributed by atoms with van der Waals surface area (Å²) in [6, 6.07) is 0. The van der Waals surface area contributed by atoms with Gasteiger partial charge in [-0.15, -0.1) is 0 Å². The van der Waals surface area contributed by atoms with Crippen molar-refractivity contribution in [3.8, 4) is 11.8 Å². The Balaban J connectivity index is 2.11. The van der Waals surface area contributed by atoms with E-state index in [9.17, 15) is 31.4 Å². The van der Waals surface area contributed by atoms with E-state index < -0.39 is 86.4 Å². The van der Waals surface area contributed by atoms with Gasteiger partial charge in [-0.1, -0.05) is 85.1 Å². The fourth-order valence-corrected chi connectivity index (χ4v) is 12.9. The maximum Gasteiger partial charge on any atom is 0.438 e. The molecule has 0 unspecified atom stereocenters. The molecule has 3 rings (SSSR count). The molecule has 0 aromatic heterocycles. The first-order chi connectivity index (χ1) is 29.3. The molecule has 3 aliphatic carbocycles. The molecule has 3 saturated carbocycles. The molecule has 0 aromatic rings. The lowest BCUT2D eigenvalue weighted by atomic mass is 9.60. The van der Waals surface area contributed by atoms with Gasteiger partial charge in [-0.05, 0) is 161 Å². The fraction of sp³-hybridized carbons (Fsp3) is 0.830. The van der Waals surface area contributed by atoms with Crippen LogP contribution < -0.4 is 0 Å². The van der Waals surface area contributed by atoms with E-state index >= 15 is 0 Å². The second-order valence-corrected chi connectivity index (χ2v) is 36.2. The minimum absolute atomic E-state index is 0.00815. The first-order valence-electron chi connectivity index (χ1n) is 24.8. The Labute approximate surface area is 372 Å². The van der Waals surface area contributed by atoms with Crippen LogP contribution >= 0.6 is 0 Å². The van der Waals surface area contributed by atoms with Crippen molar-refractivity contribution in [3.63, 3.8) is 0 Å². The summed E-state index contributed by atoms with van der Waals surface area (Å²) in [5, 5.41) is 9.87. The molecule has 0 aliphatic heterocycles. The summed E-state index contributed by atoms with van der Waals surface area (Å²) in [6.45, 7) is 27.8. The number of aliphatic hydroxyl groups is 1. The molecule has 3 fully saturated rings. The summed E-state index contributed by atoms with van der Waals surface area (Å²) in [7, 11) is -7.21. The zero-order valence-electron chi connectivity index (χ0n) is 45.0. The molecule has 3 aliphatic rings. The molecule has 0 aromatic carbocycles. The smallest absolute Gasteiger partial charge is 0.413 e. The van der Waals surface area contributed by atoms with E-state index in [4.69, 9.17) is 21.5 Å². The van der Waals surface area contributed by atoms with Gasteiger partial charge >= 0.3 is 18.0 Å². The molecule has 0 heterocycles. The van der Waals surface area contributed by atoms with Crippen molar-refractivity contribution in [1.29, 1.82) is 0 Å². The number of rotatable bonds is 13. The maximum atomic E-state index is 13.7. The number of hydrogen-bond donors (Lipinski definition) is 1. The van der Waals surface area contributed by atoms with Gasteiger partial charge in [0.2, 0.25) is 0 Å². The first-order valence-corrected chi connectivity index (χ1v) is 31.0. The lowest BCUT2D eigenvalue weighted by Gasteiger charge is -2.46. The standard InChI is InChI=1S/C47H80F6O4Si3/c1-33-36(31-37(55-59(14,15)41(2,3)4)32-40(33)56-60(16,17)42(5,6)7)25-24-35-22-19-29-44(10)38(26-27-39(35)44)34(21-18-28-43(8,9)57-58(11,12)13)23-20-30-45(54,46(48,49)50)47(51,52)53/h24-25,34,37-40,54H,1,18-19,21-23,26-29,31-32H2,2-17H3/b35-24+,36-25-/t34-,37+,38+,39-,40-,44+/m0/s1/i8D3,9D3. The third kappa shape index (κ3) is 12.8. The molecule has 4 nitrogen and oxygen atoms in total. The van der Waals surface area contributed by atoms with Gasteiger partial charge in [0.15, 0.2) is 25.0 Å². The molecule has 13 heteroatoms. The van der Waals surface area contributed by atoms with Crippen LogP contribution in [0.25, 0.3) is 0 Å². The van der Waals surface area contributed by atoms with Gasteiger partial charge in [0.1, 0.15) is 0 Å². The van der Waals surface area contributed by atoms with Gasteiger partial charge in [-0.2, -0.15) is 26.3 Å². The topological polar surface area (TPSA) is 47.9 Å². The summed E-state index contributed by atoms with van der Waals surface area (Å²) in [6.07, 6.45) is -4.24. The van der Waals surface area contributed by atoms with Gasteiger partial charge in [0.05, 0.1) is 17.8 Å². The van der Waals surface area contributed by atoms with Crippen molar-refractivity contribution in [2.75, 3.05) is 0 Å². The van der Waals surface area contributed by atoms with E-state index in [-0.39, 0.29) is 47.0 Å². The van der Waals surface area contributed by atoms with Gasteiger partial charge in [-0.25, -0.2) is 0 Å². The van der Waals surface area contributed by atoms with Crippen molar-refractivity contribution in [1.82, 2.24) is 0 Å². The first kappa shape index (κ1) is 44.1. The zero-order valence-corrected chi connectivity index (χ0v) is 42.0. The monoisotopic (exact) mass is 913 g/mol. The number of alkyl halides is 6. The van der Waals surface area contributed by atoms with E-state index in [1.807, 2.05) is 0 Å². The Morgan fingerprint density at radius 3 is 1.98 bits per heavy atom. The molecule has 1 N–H and O–H groups in total. The minimum atomic E-state index is -6.12. The SMILES string of the molecule is [2H]C([2H])([2H])C(CCC[C@@H](CC#CC(O)(C(F)(F)F)C(F)(F)F)[C@H]1CC[C@H]2/C(=C/C=C3/C[C@@H](O[Si](C)(C)C(C)(C)C)C[C@H](O[Si](C)(C)C(C)(C)C)C3=C)CCC[C@]12C)(O[Si](C)(C)C)C([2H])([2H])[2H]. The van der Waals surface area contributed by atoms with E-state index in [1.54, 1.807) is 19.6 Å². The third-order valence-electron chi connectivity index (χ3n) is 14.4. The van der Waals surface area contributed by atoms with Crippen LogP contribution in [0.15, 0.2) is 35.5 Å². The van der Waals surface area contributed by atoms with Crippen LogP contribution in [0.5, 0.6) is 0 Å². The summed E-state index contributed by atoms with van der Waals surface area (Å²) in [5.41, 5.74) is -5.11. The quantitative estimate of drug-likeness (QED) is 0.114. The summed E-state index contributed by atoms with van der Waals surface area (Å²) < 4.78 is 153. The third-order valence-corrected chi connectivity index (χ3v) is 24.4. The number of hydrogen-bond acceptors (Lipinski definition) is 4. The van der Waals surface area contributed by atoms with Gasteiger partial charge in [0, 0.05) is 21.1 Å². The Kier molecular flexibility index (Phi) is 13.5. The van der Waals surface area contributed by atoms with Crippen LogP contribution in [0.4, 0.5) is 26.3 Å². The highest BCUT2D eigenvalue weighted by Crippen LogP contribution is 2.60. The van der Waals surface area contributed by atoms with Crippen molar-refractivity contribution in [2.24, 2.45) is 23.2 Å². The average molecular weight is 913 g/mol. The molecule has 0 saturated heterocycles. The van der Waals surface area contributed by atoms with E-state index in [0.717, 1.165) is 36.3 Å². The maximum absolute atomic E-state index is 13.7. The van der Waals surface area contributed by atoms with Gasteiger partial charge in [0.25, 0.3) is 0 Å². The van der Waals surface area contributed by atoms with Crippen LogP contribution in [0.2, 0.25) is 55.9 Å². The van der Waals surface area contributed by atoms with Crippen LogP contribution in [0.3, 0.4) is 0 Å². The predicted molar refractivity (Wildman–Crippen MR) is 242 cm³/mol. The Bertz CT molecular complexity index is 1820. The van der Waals surface area contributed by atoms with E-state index in [2.05, 4.69) is 99.3 Å². The van der Waals surface area contributed by atoms with Crippen molar-refractivity contribution in [2.45, 2.75) is 224 Å². The van der Waals surface area contributed by atoms with E-state index in [0.29, 0.717) is 25.7 Å². The van der Waals surface area contributed by atoms with Gasteiger partial charge in [-0.3, -0.25) is 0 Å². The highest BCUT2D eigenvalue weighted by molar-refractivity contribution is 6.74. The number of allylic oxidation sites excluding steroid dienone is 3. The molecule has 0 spiro atoms. The van der Waals surface area contributed by atoms with Crippen molar-refractivity contribution < 1.29 is 53.0 Å². The Hall–Kier alpha value is -1.15. The summed E-state index contributed by atoms with van der Waals surface area (Å²) >= 11 is 0. The lowest BCUT2D eigenvalue weighted by molar-refractivity contribution is -0.343. The molecule has 0 amide bonds. The fourth-order valence-electron chi connectivity index (χ4n) is 9.06. The second kappa shape index (κ2) is 18.4. The lowest BCUT2D eigenvalue weighted by Crippen LogP contribution is -2.55. The van der Waals surface area contributed by atoms with Crippen LogP contribution in [-0.2, 0) is 13.3 Å². The predicted octanol–water partition coefficient (Wildman–Crippen LogP) is 14.9. The molecule has 60 heavy (non-hydrogen) atoms. The molecular weight excluding hydrogens is 827 g/mol. The van der Waals surface area contributed by atoms with Gasteiger partial charge < -0.3 is 18.4 Å². The zero-order chi connectivity index (χ0) is 51.3. The highest BCUT2D eigenvalue weighted by Gasteiger charge is 2.70.